The summed E-state index contributed by atoms with van der Waals surface area (Å²) in [4.78, 5) is 24.1. The first kappa shape index (κ1) is 20.1. The lowest BCUT2D eigenvalue weighted by Gasteiger charge is -2.19. The standard InChI is InChI=1S/C18H33BN2O2/c1-14(2)12-16(19)21-17(22)13-20-18(23)15-10-8-6-4-3-5-7-9-11-15/h14-16H,3-13H2,1-2H3,(H,20,23)(H,21,22)/t16-/m0/s1. The van der Waals surface area contributed by atoms with Crippen molar-refractivity contribution in [2.24, 2.45) is 11.8 Å². The van der Waals surface area contributed by atoms with Gasteiger partial charge in [-0.1, -0.05) is 58.8 Å². The van der Waals surface area contributed by atoms with Crippen LogP contribution in [-0.4, -0.2) is 32.1 Å². The van der Waals surface area contributed by atoms with Gasteiger partial charge in [-0.2, -0.15) is 0 Å². The molecule has 0 bridgehead atoms. The summed E-state index contributed by atoms with van der Waals surface area (Å²) < 4.78 is 0. The van der Waals surface area contributed by atoms with Crippen molar-refractivity contribution in [2.45, 2.75) is 84.0 Å². The minimum absolute atomic E-state index is 0.0261. The van der Waals surface area contributed by atoms with E-state index in [4.69, 9.17) is 7.85 Å². The Morgan fingerprint density at radius 3 is 2.04 bits per heavy atom. The fourth-order valence-corrected chi connectivity index (χ4v) is 3.21. The Labute approximate surface area is 143 Å². The Bertz CT molecular complexity index is 351. The fraction of sp³-hybridized carbons (Fsp3) is 0.889. The molecule has 4 nitrogen and oxygen atoms in total. The molecule has 1 aliphatic carbocycles. The quantitative estimate of drug-likeness (QED) is 0.739. The number of carbonyl (C=O) groups excluding carboxylic acids is 2. The number of nitrogens with one attached hydrogen (secondary N) is 2. The van der Waals surface area contributed by atoms with E-state index in [2.05, 4.69) is 24.5 Å². The van der Waals surface area contributed by atoms with Crippen molar-refractivity contribution >= 4 is 19.7 Å². The van der Waals surface area contributed by atoms with Crippen molar-refractivity contribution in [1.29, 1.82) is 0 Å². The van der Waals surface area contributed by atoms with Crippen molar-refractivity contribution in [3.05, 3.63) is 0 Å². The molecule has 0 aliphatic heterocycles. The molecule has 0 aromatic rings. The smallest absolute Gasteiger partial charge is 0.238 e. The van der Waals surface area contributed by atoms with Gasteiger partial charge < -0.3 is 10.6 Å². The van der Waals surface area contributed by atoms with Crippen LogP contribution in [0.2, 0.25) is 0 Å². The summed E-state index contributed by atoms with van der Waals surface area (Å²) in [5.41, 5.74) is 0. The number of hydrogen-bond donors (Lipinski definition) is 2. The molecule has 0 unspecified atom stereocenters. The third-order valence-electron chi connectivity index (χ3n) is 4.47. The highest BCUT2D eigenvalue weighted by atomic mass is 16.2. The molecule has 0 spiro atoms. The predicted molar refractivity (Wildman–Crippen MR) is 95.2 cm³/mol. The van der Waals surface area contributed by atoms with Crippen LogP contribution in [0.25, 0.3) is 0 Å². The molecule has 2 radical (unpaired) electrons. The number of rotatable bonds is 6. The van der Waals surface area contributed by atoms with Gasteiger partial charge in [0, 0.05) is 5.92 Å². The maximum absolute atomic E-state index is 12.3. The van der Waals surface area contributed by atoms with E-state index in [1.54, 1.807) is 0 Å². The first-order chi connectivity index (χ1) is 11.0. The van der Waals surface area contributed by atoms with E-state index < -0.39 is 0 Å². The summed E-state index contributed by atoms with van der Waals surface area (Å²) in [7, 11) is 5.85. The zero-order chi connectivity index (χ0) is 17.1. The zero-order valence-electron chi connectivity index (χ0n) is 14.9. The molecule has 0 aromatic carbocycles. The van der Waals surface area contributed by atoms with E-state index in [0.29, 0.717) is 5.92 Å². The Balaban J connectivity index is 2.30. The second kappa shape index (κ2) is 11.5. The van der Waals surface area contributed by atoms with Crippen LogP contribution < -0.4 is 10.6 Å². The molecule has 2 amide bonds. The van der Waals surface area contributed by atoms with Crippen LogP contribution in [0.3, 0.4) is 0 Å². The van der Waals surface area contributed by atoms with Gasteiger partial charge in [-0.05, 0) is 31.1 Å². The highest BCUT2D eigenvalue weighted by Crippen LogP contribution is 2.21. The topological polar surface area (TPSA) is 58.2 Å². The summed E-state index contributed by atoms with van der Waals surface area (Å²) in [6.45, 7) is 4.15. The normalized spacial score (nSPS) is 19.1. The Morgan fingerprint density at radius 2 is 1.52 bits per heavy atom. The third-order valence-corrected chi connectivity index (χ3v) is 4.47. The lowest BCUT2D eigenvalue weighted by Crippen LogP contribution is -2.44. The van der Waals surface area contributed by atoms with Gasteiger partial charge >= 0.3 is 0 Å². The Hall–Kier alpha value is -0.995. The summed E-state index contributed by atoms with van der Waals surface area (Å²) in [6.07, 6.45) is 11.2. The number of hydrogen-bond acceptors (Lipinski definition) is 2. The average molecular weight is 320 g/mol. The molecule has 0 heterocycles. The van der Waals surface area contributed by atoms with Crippen molar-refractivity contribution in [1.82, 2.24) is 10.6 Å². The molecule has 0 aromatic heterocycles. The highest BCUT2D eigenvalue weighted by molar-refractivity contribution is 6.13. The molecule has 1 atom stereocenters. The number of carbonyl (C=O) groups is 2. The van der Waals surface area contributed by atoms with Crippen LogP contribution in [-0.2, 0) is 9.59 Å². The van der Waals surface area contributed by atoms with Gasteiger partial charge in [0.25, 0.3) is 0 Å². The first-order valence-corrected chi connectivity index (χ1v) is 9.31. The highest BCUT2D eigenvalue weighted by Gasteiger charge is 2.19. The molecule has 2 N–H and O–H groups in total. The van der Waals surface area contributed by atoms with Crippen molar-refractivity contribution in [3.63, 3.8) is 0 Å². The van der Waals surface area contributed by atoms with E-state index in [9.17, 15) is 9.59 Å². The second-order valence-electron chi connectivity index (χ2n) is 7.27. The summed E-state index contributed by atoms with van der Waals surface area (Å²) in [5.74, 6) is -0.0225. The van der Waals surface area contributed by atoms with E-state index >= 15 is 0 Å². The van der Waals surface area contributed by atoms with E-state index in [1.165, 1.54) is 32.1 Å². The van der Waals surface area contributed by atoms with Crippen LogP contribution in [0.5, 0.6) is 0 Å². The van der Waals surface area contributed by atoms with Gasteiger partial charge in [-0.3, -0.25) is 9.59 Å². The lowest BCUT2D eigenvalue weighted by molar-refractivity contribution is -0.129. The van der Waals surface area contributed by atoms with Crippen LogP contribution >= 0.6 is 0 Å². The zero-order valence-corrected chi connectivity index (χ0v) is 14.9. The fourth-order valence-electron chi connectivity index (χ4n) is 3.21. The third kappa shape index (κ3) is 9.67. The lowest BCUT2D eigenvalue weighted by atomic mass is 9.88. The van der Waals surface area contributed by atoms with Crippen LogP contribution in [0.1, 0.15) is 78.1 Å². The van der Waals surface area contributed by atoms with E-state index in [0.717, 1.165) is 32.1 Å². The summed E-state index contributed by atoms with van der Waals surface area (Å²) >= 11 is 0. The molecule has 0 saturated heterocycles. The van der Waals surface area contributed by atoms with Crippen LogP contribution in [0, 0.1) is 11.8 Å². The molecule has 1 rings (SSSR count). The van der Waals surface area contributed by atoms with Gasteiger partial charge in [-0.25, -0.2) is 0 Å². The minimum atomic E-state index is -0.340. The number of amides is 2. The molecule has 23 heavy (non-hydrogen) atoms. The molecule has 5 heteroatoms. The molecule has 1 aliphatic rings. The largest absolute Gasteiger partial charge is 0.361 e. The maximum Gasteiger partial charge on any atom is 0.238 e. The Morgan fingerprint density at radius 1 is 1.00 bits per heavy atom. The molecule has 1 fully saturated rings. The van der Waals surface area contributed by atoms with Gasteiger partial charge in [0.15, 0.2) is 0 Å². The van der Waals surface area contributed by atoms with Gasteiger partial charge in [0.1, 0.15) is 0 Å². The SMILES string of the molecule is [B][C@H](CC(C)C)NC(=O)CNC(=O)C1CCCCCCCCC1. The van der Waals surface area contributed by atoms with Gasteiger partial charge in [-0.15, -0.1) is 0 Å². The minimum Gasteiger partial charge on any atom is -0.361 e. The monoisotopic (exact) mass is 320 g/mol. The van der Waals surface area contributed by atoms with E-state index in [1.807, 2.05) is 0 Å². The van der Waals surface area contributed by atoms with Crippen molar-refractivity contribution < 1.29 is 9.59 Å². The predicted octanol–water partition coefficient (Wildman–Crippen LogP) is 2.90. The van der Waals surface area contributed by atoms with Crippen molar-refractivity contribution in [2.75, 3.05) is 6.54 Å². The maximum atomic E-state index is 12.3. The average Bonchev–Trinajstić information content (AvgIpc) is 2.49. The summed E-state index contributed by atoms with van der Waals surface area (Å²) in [6, 6.07) is 0. The van der Waals surface area contributed by atoms with Crippen molar-refractivity contribution in [3.8, 4) is 0 Å². The summed E-state index contributed by atoms with van der Waals surface area (Å²) in [5, 5.41) is 5.52. The molecule has 1 saturated carbocycles. The first-order valence-electron chi connectivity index (χ1n) is 9.31. The van der Waals surface area contributed by atoms with E-state index in [-0.39, 0.29) is 30.2 Å². The van der Waals surface area contributed by atoms with Crippen LogP contribution in [0.4, 0.5) is 0 Å². The molecular formula is C18H33BN2O2. The Kier molecular flexibility index (Phi) is 10.0. The van der Waals surface area contributed by atoms with Gasteiger partial charge in [0.05, 0.1) is 14.4 Å². The second-order valence-corrected chi connectivity index (χ2v) is 7.27. The molecular weight excluding hydrogens is 287 g/mol. The van der Waals surface area contributed by atoms with Gasteiger partial charge in [0.2, 0.25) is 11.8 Å². The van der Waals surface area contributed by atoms with Crippen LogP contribution in [0.15, 0.2) is 0 Å². The molecule has 130 valence electrons.